The number of benzene rings is 3. The molecule has 3 nitrogen and oxygen atoms in total. The van der Waals surface area contributed by atoms with Crippen molar-refractivity contribution in [1.29, 1.82) is 0 Å². The van der Waals surface area contributed by atoms with Crippen LogP contribution in [-0.4, -0.2) is 11.4 Å². The SMILES string of the molecule is CC[C@@]1(N)C[C@H]1c1cccc(NC(=O)Cc2cccc3ccccc23)c1. The fourth-order valence-corrected chi connectivity index (χ4v) is 3.82. The molecule has 3 N–H and O–H groups in total. The van der Waals surface area contributed by atoms with Crippen molar-refractivity contribution < 1.29 is 4.79 Å². The first-order chi connectivity index (χ1) is 12.6. The van der Waals surface area contributed by atoms with Crippen LogP contribution in [0.3, 0.4) is 0 Å². The summed E-state index contributed by atoms with van der Waals surface area (Å²) in [6, 6.07) is 22.4. The molecule has 3 aromatic carbocycles. The largest absolute Gasteiger partial charge is 0.326 e. The molecule has 0 saturated heterocycles. The first kappa shape index (κ1) is 16.8. The molecule has 3 heteroatoms. The number of rotatable bonds is 5. The van der Waals surface area contributed by atoms with Crippen molar-refractivity contribution in [3.63, 3.8) is 0 Å². The lowest BCUT2D eigenvalue weighted by molar-refractivity contribution is -0.115. The van der Waals surface area contributed by atoms with Crippen molar-refractivity contribution in [2.24, 2.45) is 5.73 Å². The van der Waals surface area contributed by atoms with Crippen LogP contribution in [0.25, 0.3) is 10.8 Å². The zero-order valence-corrected chi connectivity index (χ0v) is 15.0. The van der Waals surface area contributed by atoms with Gasteiger partial charge in [-0.1, -0.05) is 61.5 Å². The van der Waals surface area contributed by atoms with Gasteiger partial charge in [0, 0.05) is 17.1 Å². The number of nitrogens with two attached hydrogens (primary N) is 1. The molecular weight excluding hydrogens is 320 g/mol. The van der Waals surface area contributed by atoms with E-state index in [2.05, 4.69) is 42.6 Å². The summed E-state index contributed by atoms with van der Waals surface area (Å²) < 4.78 is 0. The Hall–Kier alpha value is -2.65. The molecule has 0 heterocycles. The molecule has 1 saturated carbocycles. The Morgan fingerprint density at radius 1 is 1.12 bits per heavy atom. The van der Waals surface area contributed by atoms with Gasteiger partial charge in [0.05, 0.1) is 6.42 Å². The smallest absolute Gasteiger partial charge is 0.228 e. The van der Waals surface area contributed by atoms with Gasteiger partial charge in [0.1, 0.15) is 0 Å². The van der Waals surface area contributed by atoms with E-state index in [1.54, 1.807) is 0 Å². The standard InChI is InChI=1S/C23H24N2O/c1-2-23(24)15-21(23)18-10-6-11-19(13-18)25-22(26)14-17-9-5-8-16-7-3-4-12-20(16)17/h3-13,21H,2,14-15,24H2,1H3,(H,25,26)/t21-,23+/m0/s1. The summed E-state index contributed by atoms with van der Waals surface area (Å²) in [7, 11) is 0. The molecule has 1 fully saturated rings. The molecular formula is C23H24N2O. The van der Waals surface area contributed by atoms with Crippen LogP contribution in [0.4, 0.5) is 5.69 Å². The lowest BCUT2D eigenvalue weighted by Gasteiger charge is -2.11. The second-order valence-corrected chi connectivity index (χ2v) is 7.33. The first-order valence-corrected chi connectivity index (χ1v) is 9.24. The fraction of sp³-hybridized carbons (Fsp3) is 0.261. The Morgan fingerprint density at radius 2 is 1.88 bits per heavy atom. The average molecular weight is 344 g/mol. The maximum absolute atomic E-state index is 12.6. The van der Waals surface area contributed by atoms with Crippen LogP contribution in [0.2, 0.25) is 0 Å². The number of hydrogen-bond donors (Lipinski definition) is 2. The minimum atomic E-state index is -0.0639. The summed E-state index contributed by atoms with van der Waals surface area (Å²) in [5, 5.41) is 5.34. The van der Waals surface area contributed by atoms with Gasteiger partial charge in [-0.3, -0.25) is 4.79 Å². The van der Waals surface area contributed by atoms with Gasteiger partial charge in [-0.15, -0.1) is 0 Å². The Balaban J connectivity index is 1.49. The Bertz CT molecular complexity index is 960. The van der Waals surface area contributed by atoms with E-state index in [0.717, 1.165) is 34.9 Å². The Morgan fingerprint density at radius 3 is 2.69 bits per heavy atom. The third-order valence-corrected chi connectivity index (χ3v) is 5.58. The molecule has 4 rings (SSSR count). The summed E-state index contributed by atoms with van der Waals surface area (Å²) in [5.74, 6) is 0.409. The van der Waals surface area contributed by atoms with E-state index in [9.17, 15) is 4.79 Å². The predicted molar refractivity (Wildman–Crippen MR) is 107 cm³/mol. The first-order valence-electron chi connectivity index (χ1n) is 9.24. The summed E-state index contributed by atoms with van der Waals surface area (Å²) in [4.78, 5) is 12.6. The molecule has 0 spiro atoms. The number of anilines is 1. The van der Waals surface area contributed by atoms with Crippen LogP contribution >= 0.6 is 0 Å². The van der Waals surface area contributed by atoms with Gasteiger partial charge in [0.25, 0.3) is 0 Å². The monoisotopic (exact) mass is 344 g/mol. The molecule has 0 bridgehead atoms. The number of fused-ring (bicyclic) bond motifs is 1. The van der Waals surface area contributed by atoms with Crippen molar-refractivity contribution in [3.05, 3.63) is 77.9 Å². The lowest BCUT2D eigenvalue weighted by atomic mass is 10.0. The topological polar surface area (TPSA) is 55.1 Å². The highest BCUT2D eigenvalue weighted by atomic mass is 16.1. The number of carbonyl (C=O) groups excluding carboxylic acids is 1. The highest BCUT2D eigenvalue weighted by Gasteiger charge is 2.49. The van der Waals surface area contributed by atoms with Gasteiger partial charge >= 0.3 is 0 Å². The van der Waals surface area contributed by atoms with Gasteiger partial charge in [0.2, 0.25) is 5.91 Å². The molecule has 2 atom stereocenters. The Kier molecular flexibility index (Phi) is 4.25. The number of amides is 1. The average Bonchev–Trinajstić information content (AvgIpc) is 3.35. The quantitative estimate of drug-likeness (QED) is 0.710. The molecule has 132 valence electrons. The molecule has 1 amide bonds. The summed E-state index contributed by atoms with van der Waals surface area (Å²) >= 11 is 0. The van der Waals surface area contributed by atoms with Gasteiger partial charge < -0.3 is 11.1 Å². The van der Waals surface area contributed by atoms with E-state index in [1.807, 2.05) is 36.4 Å². The van der Waals surface area contributed by atoms with Crippen molar-refractivity contribution in [2.75, 3.05) is 5.32 Å². The third kappa shape index (κ3) is 3.23. The van der Waals surface area contributed by atoms with Crippen LogP contribution in [0.5, 0.6) is 0 Å². The van der Waals surface area contributed by atoms with Gasteiger partial charge in [0.15, 0.2) is 0 Å². The third-order valence-electron chi connectivity index (χ3n) is 5.58. The number of hydrogen-bond acceptors (Lipinski definition) is 2. The Labute approximate surface area is 154 Å². The van der Waals surface area contributed by atoms with Gasteiger partial charge in [-0.2, -0.15) is 0 Å². The van der Waals surface area contributed by atoms with Crippen LogP contribution in [0.1, 0.15) is 36.8 Å². The molecule has 26 heavy (non-hydrogen) atoms. The fourth-order valence-electron chi connectivity index (χ4n) is 3.82. The second kappa shape index (κ2) is 6.58. The van der Waals surface area contributed by atoms with E-state index in [1.165, 1.54) is 5.56 Å². The van der Waals surface area contributed by atoms with Crippen molar-refractivity contribution in [3.8, 4) is 0 Å². The number of carbonyl (C=O) groups is 1. The van der Waals surface area contributed by atoms with Gasteiger partial charge in [-0.25, -0.2) is 0 Å². The zero-order chi connectivity index (χ0) is 18.1. The van der Waals surface area contributed by atoms with Crippen LogP contribution < -0.4 is 11.1 Å². The molecule has 3 aromatic rings. The lowest BCUT2D eigenvalue weighted by Crippen LogP contribution is -2.22. The molecule has 1 aliphatic rings. The summed E-state index contributed by atoms with van der Waals surface area (Å²) in [5.41, 5.74) is 9.39. The normalized spacial score (nSPS) is 21.5. The van der Waals surface area contributed by atoms with Crippen LogP contribution in [0.15, 0.2) is 66.7 Å². The summed E-state index contributed by atoms with van der Waals surface area (Å²) in [6.45, 7) is 2.13. The maximum atomic E-state index is 12.6. The minimum Gasteiger partial charge on any atom is -0.326 e. The van der Waals surface area contributed by atoms with Crippen molar-refractivity contribution >= 4 is 22.4 Å². The van der Waals surface area contributed by atoms with E-state index in [4.69, 9.17) is 5.73 Å². The second-order valence-electron chi connectivity index (χ2n) is 7.33. The number of nitrogens with one attached hydrogen (secondary N) is 1. The molecule has 0 aromatic heterocycles. The molecule has 0 aliphatic heterocycles. The van der Waals surface area contributed by atoms with E-state index in [0.29, 0.717) is 12.3 Å². The minimum absolute atomic E-state index is 0.00352. The highest BCUT2D eigenvalue weighted by Crippen LogP contribution is 2.51. The van der Waals surface area contributed by atoms with E-state index in [-0.39, 0.29) is 11.4 Å². The zero-order valence-electron chi connectivity index (χ0n) is 15.0. The van der Waals surface area contributed by atoms with Gasteiger partial charge in [-0.05, 0) is 46.9 Å². The maximum Gasteiger partial charge on any atom is 0.228 e. The predicted octanol–water partition coefficient (Wildman–Crippen LogP) is 4.62. The van der Waals surface area contributed by atoms with E-state index >= 15 is 0 Å². The van der Waals surface area contributed by atoms with Crippen molar-refractivity contribution in [2.45, 2.75) is 37.6 Å². The van der Waals surface area contributed by atoms with Crippen LogP contribution in [-0.2, 0) is 11.2 Å². The molecule has 0 unspecified atom stereocenters. The highest BCUT2D eigenvalue weighted by molar-refractivity contribution is 5.96. The van der Waals surface area contributed by atoms with Crippen molar-refractivity contribution in [1.82, 2.24) is 0 Å². The summed E-state index contributed by atoms with van der Waals surface area (Å²) in [6.07, 6.45) is 2.37. The van der Waals surface area contributed by atoms with E-state index < -0.39 is 0 Å². The molecule has 0 radical (unpaired) electrons. The van der Waals surface area contributed by atoms with Crippen LogP contribution in [0, 0.1) is 0 Å². The molecule has 1 aliphatic carbocycles.